The summed E-state index contributed by atoms with van der Waals surface area (Å²) in [6, 6.07) is 11.7. The van der Waals surface area contributed by atoms with Crippen LogP contribution in [-0.2, 0) is 0 Å². The molecule has 0 aliphatic carbocycles. The normalized spacial score (nSPS) is 10.8. The average Bonchev–Trinajstić information content (AvgIpc) is 2.73. The second kappa shape index (κ2) is 3.86. The molecule has 0 aliphatic rings. The number of fused-ring (bicyclic) bond motifs is 1. The summed E-state index contributed by atoms with van der Waals surface area (Å²) in [5.41, 5.74) is 2.34. The summed E-state index contributed by atoms with van der Waals surface area (Å²) in [7, 11) is 0. The van der Waals surface area contributed by atoms with E-state index in [-0.39, 0.29) is 0 Å². The van der Waals surface area contributed by atoms with Crippen molar-refractivity contribution in [3.63, 3.8) is 0 Å². The van der Waals surface area contributed by atoms with Gasteiger partial charge in [0.25, 0.3) is 0 Å². The highest BCUT2D eigenvalue weighted by atomic mass is 127. The third kappa shape index (κ3) is 1.69. The fourth-order valence-electron chi connectivity index (χ4n) is 1.48. The van der Waals surface area contributed by atoms with Crippen molar-refractivity contribution in [2.75, 3.05) is 0 Å². The summed E-state index contributed by atoms with van der Waals surface area (Å²) in [6.07, 6.45) is 1.71. The quantitative estimate of drug-likeness (QED) is 0.644. The lowest BCUT2D eigenvalue weighted by Gasteiger charge is -1.94. The lowest BCUT2D eigenvalue weighted by atomic mass is 10.2. The van der Waals surface area contributed by atoms with Gasteiger partial charge in [-0.15, -0.1) is 0 Å². The molecule has 0 amide bonds. The topological polar surface area (TPSA) is 38.9 Å². The first-order valence-electron chi connectivity index (χ1n) is 4.80. The van der Waals surface area contributed by atoms with Gasteiger partial charge >= 0.3 is 0 Å². The van der Waals surface area contributed by atoms with E-state index in [1.807, 2.05) is 36.4 Å². The number of halogens is 1. The Morgan fingerprint density at radius 2 is 1.88 bits per heavy atom. The van der Waals surface area contributed by atoms with Crippen molar-refractivity contribution in [1.82, 2.24) is 9.97 Å². The molecule has 0 atom stereocenters. The smallest absolute Gasteiger partial charge is 0.228 e. The largest absolute Gasteiger partial charge is 0.434 e. The first-order valence-corrected chi connectivity index (χ1v) is 5.88. The third-order valence-electron chi connectivity index (χ3n) is 2.26. The predicted molar refractivity (Wildman–Crippen MR) is 70.0 cm³/mol. The predicted octanol–water partition coefficient (Wildman–Crippen LogP) is 3.49. The van der Waals surface area contributed by atoms with E-state index in [1.54, 1.807) is 6.20 Å². The number of oxazole rings is 1. The van der Waals surface area contributed by atoms with Crippen LogP contribution in [0.5, 0.6) is 0 Å². The number of hydrogen-bond donors (Lipinski definition) is 0. The lowest BCUT2D eigenvalue weighted by molar-refractivity contribution is 0.619. The van der Waals surface area contributed by atoms with Gasteiger partial charge in [0.1, 0.15) is 0 Å². The Balaban J connectivity index is 2.15. The van der Waals surface area contributed by atoms with E-state index in [0.717, 1.165) is 11.1 Å². The summed E-state index contributed by atoms with van der Waals surface area (Å²) in [6.45, 7) is 0. The fourth-order valence-corrected chi connectivity index (χ4v) is 1.84. The molecule has 1 aromatic carbocycles. The Kier molecular flexibility index (Phi) is 2.36. The molecule has 0 spiro atoms. The van der Waals surface area contributed by atoms with Crippen molar-refractivity contribution in [3.8, 4) is 11.5 Å². The molecule has 0 bridgehead atoms. The van der Waals surface area contributed by atoms with Gasteiger partial charge in [0.05, 0.1) is 0 Å². The number of hydrogen-bond acceptors (Lipinski definition) is 3. The van der Waals surface area contributed by atoms with Crippen LogP contribution < -0.4 is 0 Å². The molecule has 3 aromatic rings. The molecule has 0 unspecified atom stereocenters. The monoisotopic (exact) mass is 322 g/mol. The highest BCUT2D eigenvalue weighted by Gasteiger charge is 2.07. The van der Waals surface area contributed by atoms with Gasteiger partial charge in [0.15, 0.2) is 11.2 Å². The van der Waals surface area contributed by atoms with E-state index in [9.17, 15) is 0 Å². The molecule has 2 aromatic heterocycles. The second-order valence-corrected chi connectivity index (χ2v) is 4.60. The van der Waals surface area contributed by atoms with Crippen LogP contribution in [-0.4, -0.2) is 9.97 Å². The van der Waals surface area contributed by atoms with Crippen LogP contribution in [0.25, 0.3) is 22.7 Å². The van der Waals surface area contributed by atoms with Gasteiger partial charge in [-0.25, -0.2) is 4.98 Å². The Morgan fingerprint density at radius 1 is 1.06 bits per heavy atom. The van der Waals surface area contributed by atoms with Crippen LogP contribution >= 0.6 is 22.6 Å². The van der Waals surface area contributed by atoms with Crippen LogP contribution in [0.1, 0.15) is 0 Å². The Labute approximate surface area is 106 Å². The molecular formula is C12H7IN2O. The van der Waals surface area contributed by atoms with Crippen molar-refractivity contribution in [2.45, 2.75) is 0 Å². The van der Waals surface area contributed by atoms with Crippen LogP contribution in [0.4, 0.5) is 0 Å². The van der Waals surface area contributed by atoms with Gasteiger partial charge < -0.3 is 4.42 Å². The Morgan fingerprint density at radius 3 is 2.62 bits per heavy atom. The third-order valence-corrected chi connectivity index (χ3v) is 2.98. The fraction of sp³-hybridized carbons (Fsp3) is 0. The highest BCUT2D eigenvalue weighted by Crippen LogP contribution is 2.23. The van der Waals surface area contributed by atoms with E-state index in [4.69, 9.17) is 4.42 Å². The summed E-state index contributed by atoms with van der Waals surface area (Å²) in [4.78, 5) is 8.47. The number of nitrogens with zero attached hydrogens (tertiary/aromatic N) is 2. The van der Waals surface area contributed by atoms with Crippen LogP contribution in [0.15, 0.2) is 47.0 Å². The van der Waals surface area contributed by atoms with Crippen LogP contribution in [0, 0.1) is 3.57 Å². The van der Waals surface area contributed by atoms with Crippen molar-refractivity contribution in [3.05, 3.63) is 46.2 Å². The highest BCUT2D eigenvalue weighted by molar-refractivity contribution is 14.1. The molecule has 0 saturated heterocycles. The summed E-state index contributed by atoms with van der Waals surface area (Å²) in [5.74, 6) is 0.616. The number of benzene rings is 1. The molecule has 78 valence electrons. The molecule has 0 saturated carbocycles. The first kappa shape index (κ1) is 9.77. The molecule has 3 nitrogen and oxygen atoms in total. The molecule has 0 N–H and O–H groups in total. The Hall–Kier alpha value is -1.43. The standard InChI is InChI=1S/C12H7IN2O/c13-9-5-3-8(4-6-9)12-15-11-10(16-12)2-1-7-14-11/h1-7H. The van der Waals surface area contributed by atoms with Crippen molar-refractivity contribution in [2.24, 2.45) is 0 Å². The molecule has 4 heteroatoms. The minimum Gasteiger partial charge on any atom is -0.434 e. The van der Waals surface area contributed by atoms with E-state index in [1.165, 1.54) is 3.57 Å². The lowest BCUT2D eigenvalue weighted by Crippen LogP contribution is -1.78. The van der Waals surface area contributed by atoms with Crippen LogP contribution in [0.2, 0.25) is 0 Å². The van der Waals surface area contributed by atoms with Crippen LogP contribution in [0.3, 0.4) is 0 Å². The van der Waals surface area contributed by atoms with Gasteiger partial charge in [-0.1, -0.05) is 0 Å². The number of rotatable bonds is 1. The molecule has 16 heavy (non-hydrogen) atoms. The minimum atomic E-state index is 0.616. The molecule has 0 radical (unpaired) electrons. The zero-order valence-corrected chi connectivity index (χ0v) is 10.4. The minimum absolute atomic E-state index is 0.616. The zero-order valence-electron chi connectivity index (χ0n) is 8.22. The first-order chi connectivity index (χ1) is 7.83. The van der Waals surface area contributed by atoms with Gasteiger partial charge in [-0.05, 0) is 59.0 Å². The zero-order chi connectivity index (χ0) is 11.0. The SMILES string of the molecule is Ic1ccc(-c2nc3ncccc3o2)cc1. The number of pyridine rings is 1. The van der Waals surface area contributed by atoms with Gasteiger partial charge in [0, 0.05) is 15.3 Å². The van der Waals surface area contributed by atoms with Gasteiger partial charge in [-0.3, -0.25) is 0 Å². The second-order valence-electron chi connectivity index (χ2n) is 3.35. The molecule has 2 heterocycles. The van der Waals surface area contributed by atoms with E-state index in [2.05, 4.69) is 32.6 Å². The summed E-state index contributed by atoms with van der Waals surface area (Å²) < 4.78 is 6.81. The Bertz CT molecular complexity index is 598. The van der Waals surface area contributed by atoms with E-state index in [0.29, 0.717) is 11.5 Å². The van der Waals surface area contributed by atoms with Crippen molar-refractivity contribution < 1.29 is 4.42 Å². The maximum atomic E-state index is 5.62. The van der Waals surface area contributed by atoms with Crippen molar-refractivity contribution in [1.29, 1.82) is 0 Å². The maximum Gasteiger partial charge on any atom is 0.228 e. The average molecular weight is 322 g/mol. The van der Waals surface area contributed by atoms with Gasteiger partial charge in [0.2, 0.25) is 5.89 Å². The van der Waals surface area contributed by atoms with Crippen molar-refractivity contribution >= 4 is 33.8 Å². The summed E-state index contributed by atoms with van der Waals surface area (Å²) in [5, 5.41) is 0. The molecule has 0 fully saturated rings. The molecule has 0 aliphatic heterocycles. The molecular weight excluding hydrogens is 315 g/mol. The van der Waals surface area contributed by atoms with E-state index >= 15 is 0 Å². The van der Waals surface area contributed by atoms with E-state index < -0.39 is 0 Å². The number of aromatic nitrogens is 2. The molecule has 3 rings (SSSR count). The van der Waals surface area contributed by atoms with Gasteiger partial charge in [-0.2, -0.15) is 4.98 Å². The summed E-state index contributed by atoms with van der Waals surface area (Å²) >= 11 is 2.27. The maximum absolute atomic E-state index is 5.62.